The van der Waals surface area contributed by atoms with E-state index in [0.29, 0.717) is 0 Å². The van der Waals surface area contributed by atoms with Crippen molar-refractivity contribution in [2.75, 3.05) is 43.4 Å². The minimum atomic E-state index is -1.21. The van der Waals surface area contributed by atoms with E-state index in [0.717, 1.165) is 37.6 Å². The van der Waals surface area contributed by atoms with Crippen LogP contribution >= 0.6 is 0 Å². The zero-order chi connectivity index (χ0) is 17.5. The van der Waals surface area contributed by atoms with Gasteiger partial charge < -0.3 is 35.6 Å². The molecular weight excluding hydrogens is 310 g/mol. The zero-order valence-electron chi connectivity index (χ0n) is 14.4. The summed E-state index contributed by atoms with van der Waals surface area (Å²) in [7, 11) is 0. The number of anilines is 2. The maximum Gasteiger partial charge on any atom is 0.156 e. The molecule has 0 unspecified atom stereocenters. The minimum absolute atomic E-state index is 0.0130. The van der Waals surface area contributed by atoms with E-state index in [1.54, 1.807) is 0 Å². The summed E-state index contributed by atoms with van der Waals surface area (Å²) in [6.45, 7) is 8.26. The second-order valence-electron chi connectivity index (χ2n) is 5.98. The number of likely N-dealkylation sites (N-methyl/N-ethyl adjacent to an activating group) is 1. The molecule has 1 aromatic rings. The van der Waals surface area contributed by atoms with Crippen LogP contribution in [-0.4, -0.2) is 77.5 Å². The summed E-state index contributed by atoms with van der Waals surface area (Å²) in [5.41, 5.74) is 1.80. The fourth-order valence-corrected chi connectivity index (χ4v) is 2.68. The molecule has 1 saturated heterocycles. The van der Waals surface area contributed by atoms with Crippen LogP contribution in [0.15, 0.2) is 24.3 Å². The highest BCUT2D eigenvalue weighted by atomic mass is 16.5. The number of rotatable bonds is 8. The summed E-state index contributed by atoms with van der Waals surface area (Å²) in [5.74, 6) is 0. The van der Waals surface area contributed by atoms with Gasteiger partial charge in [0.05, 0.1) is 6.61 Å². The van der Waals surface area contributed by atoms with Crippen molar-refractivity contribution < 1.29 is 20.1 Å². The maximum absolute atomic E-state index is 9.92. The molecule has 0 spiro atoms. The van der Waals surface area contributed by atoms with Crippen molar-refractivity contribution >= 4 is 11.4 Å². The molecule has 5 N–H and O–H groups in total. The summed E-state index contributed by atoms with van der Waals surface area (Å²) in [4.78, 5) is 2.35. The first-order chi connectivity index (χ1) is 11.5. The largest absolute Gasteiger partial charge is 0.388 e. The molecule has 0 bridgehead atoms. The lowest BCUT2D eigenvalue weighted by Gasteiger charge is -2.35. The van der Waals surface area contributed by atoms with E-state index < -0.39 is 24.5 Å². The highest BCUT2D eigenvalue weighted by Crippen LogP contribution is 2.20. The molecule has 7 nitrogen and oxygen atoms in total. The van der Waals surface area contributed by atoms with E-state index in [-0.39, 0.29) is 6.61 Å². The van der Waals surface area contributed by atoms with E-state index in [2.05, 4.69) is 29.4 Å². The Morgan fingerprint density at radius 2 is 1.67 bits per heavy atom. The lowest BCUT2D eigenvalue weighted by atomic mass is 10.0. The number of ether oxygens (including phenoxy) is 1. The van der Waals surface area contributed by atoms with Crippen molar-refractivity contribution in [3.05, 3.63) is 24.3 Å². The van der Waals surface area contributed by atoms with Gasteiger partial charge in [0, 0.05) is 24.5 Å². The van der Waals surface area contributed by atoms with Crippen molar-refractivity contribution in [2.24, 2.45) is 0 Å². The first-order valence-electron chi connectivity index (χ1n) is 8.53. The van der Waals surface area contributed by atoms with E-state index in [4.69, 9.17) is 4.74 Å². The van der Waals surface area contributed by atoms with Gasteiger partial charge in [-0.25, -0.2) is 0 Å². The SMILES string of the molecule is CCN(CC)CCNc1ccc(N[C@@H]2OC[C@@H](O)[C@@H](O)[C@H]2O)cc1. The van der Waals surface area contributed by atoms with Gasteiger partial charge in [0.2, 0.25) is 0 Å². The quantitative estimate of drug-likeness (QED) is 0.464. The Balaban J connectivity index is 1.81. The van der Waals surface area contributed by atoms with Crippen LogP contribution in [0.3, 0.4) is 0 Å². The second-order valence-corrected chi connectivity index (χ2v) is 5.98. The average Bonchev–Trinajstić information content (AvgIpc) is 2.60. The highest BCUT2D eigenvalue weighted by Gasteiger charge is 2.37. The van der Waals surface area contributed by atoms with Crippen molar-refractivity contribution in [1.82, 2.24) is 4.90 Å². The molecule has 0 aliphatic carbocycles. The molecule has 0 amide bonds. The Morgan fingerprint density at radius 1 is 1.04 bits per heavy atom. The molecule has 1 aliphatic heterocycles. The smallest absolute Gasteiger partial charge is 0.156 e. The first kappa shape index (κ1) is 19.0. The fourth-order valence-electron chi connectivity index (χ4n) is 2.68. The molecule has 136 valence electrons. The van der Waals surface area contributed by atoms with Gasteiger partial charge >= 0.3 is 0 Å². The fraction of sp³-hybridized carbons (Fsp3) is 0.647. The molecular formula is C17H29N3O4. The van der Waals surface area contributed by atoms with E-state index in [1.807, 2.05) is 24.3 Å². The molecule has 0 radical (unpaired) electrons. The van der Waals surface area contributed by atoms with Crippen LogP contribution < -0.4 is 10.6 Å². The second kappa shape index (κ2) is 9.19. The molecule has 1 aromatic carbocycles. The molecule has 4 atom stereocenters. The van der Waals surface area contributed by atoms with Gasteiger partial charge in [-0.2, -0.15) is 0 Å². The summed E-state index contributed by atoms with van der Waals surface area (Å²) in [6.07, 6.45) is -4.20. The predicted molar refractivity (Wildman–Crippen MR) is 94.1 cm³/mol. The van der Waals surface area contributed by atoms with Crippen molar-refractivity contribution in [3.8, 4) is 0 Å². The Morgan fingerprint density at radius 3 is 2.29 bits per heavy atom. The normalized spacial score (nSPS) is 27.2. The third-order valence-electron chi connectivity index (χ3n) is 4.35. The van der Waals surface area contributed by atoms with Crippen LogP contribution in [0, 0.1) is 0 Å². The number of hydrogen-bond acceptors (Lipinski definition) is 7. The zero-order valence-corrected chi connectivity index (χ0v) is 14.4. The van der Waals surface area contributed by atoms with Crippen LogP contribution in [-0.2, 0) is 4.74 Å². The Kier molecular flexibility index (Phi) is 7.26. The van der Waals surface area contributed by atoms with Crippen LogP contribution in [0.4, 0.5) is 11.4 Å². The Labute approximate surface area is 143 Å². The molecule has 1 heterocycles. The lowest BCUT2D eigenvalue weighted by molar-refractivity contribution is -0.178. The van der Waals surface area contributed by atoms with Gasteiger partial charge in [0.1, 0.15) is 18.3 Å². The van der Waals surface area contributed by atoms with E-state index in [9.17, 15) is 15.3 Å². The lowest BCUT2D eigenvalue weighted by Crippen LogP contribution is -2.55. The Bertz CT molecular complexity index is 481. The highest BCUT2D eigenvalue weighted by molar-refractivity contribution is 5.54. The average molecular weight is 339 g/mol. The van der Waals surface area contributed by atoms with Crippen molar-refractivity contribution in [2.45, 2.75) is 38.4 Å². The van der Waals surface area contributed by atoms with Gasteiger partial charge in [0.15, 0.2) is 6.23 Å². The molecule has 24 heavy (non-hydrogen) atoms. The summed E-state index contributed by atoms with van der Waals surface area (Å²) in [5, 5.41) is 35.5. The molecule has 7 heteroatoms. The van der Waals surface area contributed by atoms with Gasteiger partial charge in [-0.05, 0) is 37.4 Å². The monoisotopic (exact) mass is 339 g/mol. The third kappa shape index (κ3) is 5.06. The summed E-state index contributed by atoms with van der Waals surface area (Å²) >= 11 is 0. The van der Waals surface area contributed by atoms with Gasteiger partial charge in [0.25, 0.3) is 0 Å². The molecule has 1 aliphatic rings. The van der Waals surface area contributed by atoms with Crippen LogP contribution in [0.5, 0.6) is 0 Å². The summed E-state index contributed by atoms with van der Waals surface area (Å²) in [6, 6.07) is 7.66. The van der Waals surface area contributed by atoms with Crippen molar-refractivity contribution in [3.63, 3.8) is 0 Å². The van der Waals surface area contributed by atoms with Crippen LogP contribution in [0.2, 0.25) is 0 Å². The molecule has 1 fully saturated rings. The third-order valence-corrected chi connectivity index (χ3v) is 4.35. The number of nitrogens with zero attached hydrogens (tertiary/aromatic N) is 1. The van der Waals surface area contributed by atoms with Gasteiger partial charge in [-0.1, -0.05) is 13.8 Å². The van der Waals surface area contributed by atoms with Crippen LogP contribution in [0.1, 0.15) is 13.8 Å². The van der Waals surface area contributed by atoms with Gasteiger partial charge in [-0.3, -0.25) is 0 Å². The van der Waals surface area contributed by atoms with E-state index in [1.165, 1.54) is 0 Å². The summed E-state index contributed by atoms with van der Waals surface area (Å²) < 4.78 is 5.33. The maximum atomic E-state index is 9.92. The van der Waals surface area contributed by atoms with Crippen molar-refractivity contribution in [1.29, 1.82) is 0 Å². The number of hydrogen-bond donors (Lipinski definition) is 5. The van der Waals surface area contributed by atoms with Crippen LogP contribution in [0.25, 0.3) is 0 Å². The Hall–Kier alpha value is -1.38. The van der Waals surface area contributed by atoms with E-state index >= 15 is 0 Å². The predicted octanol–water partition coefficient (Wildman–Crippen LogP) is 0.291. The number of aliphatic hydroxyl groups excluding tert-OH is 3. The topological polar surface area (TPSA) is 97.2 Å². The number of aliphatic hydroxyl groups is 3. The number of nitrogens with one attached hydrogen (secondary N) is 2. The standard InChI is InChI=1S/C17H29N3O4/c1-3-20(4-2)10-9-18-12-5-7-13(8-6-12)19-17-16(23)15(22)14(21)11-24-17/h5-8,14-19,21-23H,3-4,9-11H2,1-2H3/t14-,15-,16-,17-/m1/s1. The molecule has 0 saturated carbocycles. The first-order valence-corrected chi connectivity index (χ1v) is 8.53. The minimum Gasteiger partial charge on any atom is -0.388 e. The molecule has 2 rings (SSSR count). The number of benzene rings is 1. The molecule has 0 aromatic heterocycles. The van der Waals surface area contributed by atoms with Gasteiger partial charge in [-0.15, -0.1) is 0 Å².